The van der Waals surface area contributed by atoms with Crippen molar-refractivity contribution in [3.8, 4) is 5.75 Å². The van der Waals surface area contributed by atoms with Crippen molar-refractivity contribution < 1.29 is 66.4 Å². The van der Waals surface area contributed by atoms with Crippen molar-refractivity contribution in [3.05, 3.63) is 29.8 Å². The van der Waals surface area contributed by atoms with Crippen molar-refractivity contribution in [1.29, 1.82) is 0 Å². The van der Waals surface area contributed by atoms with Crippen LogP contribution in [0.15, 0.2) is 24.3 Å². The van der Waals surface area contributed by atoms with Crippen molar-refractivity contribution in [2.45, 2.75) is 12.6 Å². The summed E-state index contributed by atoms with van der Waals surface area (Å²) in [7, 11) is 0. The highest BCUT2D eigenvalue weighted by molar-refractivity contribution is 8.56. The highest BCUT2D eigenvalue weighted by Gasteiger charge is 2.25. The number of nitrogens with one attached hydrogen (secondary N) is 3. The maximum Gasteiger partial charge on any atom is 0.300 e. The third-order valence-electron chi connectivity index (χ3n) is 6.89. The number of hydroxylamine groups is 1. The van der Waals surface area contributed by atoms with Crippen LogP contribution < -0.4 is 38.3 Å². The van der Waals surface area contributed by atoms with E-state index >= 15 is 0 Å². The van der Waals surface area contributed by atoms with E-state index in [1.54, 1.807) is 42.1 Å². The zero-order valence-corrected chi connectivity index (χ0v) is 33.7. The van der Waals surface area contributed by atoms with Crippen LogP contribution in [0, 0.1) is 0 Å². The van der Waals surface area contributed by atoms with E-state index in [9.17, 15) is 14.2 Å². The van der Waals surface area contributed by atoms with Crippen LogP contribution in [-0.4, -0.2) is 168 Å². The van der Waals surface area contributed by atoms with Gasteiger partial charge in [0, 0.05) is 32.7 Å². The molecule has 0 bridgehead atoms. The quantitative estimate of drug-likeness (QED) is 0.0200. The Kier molecular flexibility index (Phi) is 32.5. The van der Waals surface area contributed by atoms with E-state index in [0.29, 0.717) is 78.4 Å². The molecule has 2 atom stereocenters. The molecule has 0 spiro atoms. The second kappa shape index (κ2) is 35.1. The van der Waals surface area contributed by atoms with Crippen LogP contribution in [0.2, 0.25) is 0 Å². The molecule has 320 valence electrons. The summed E-state index contributed by atoms with van der Waals surface area (Å²) in [5.41, 5.74) is 3.70. The van der Waals surface area contributed by atoms with Crippen LogP contribution >= 0.6 is 18.0 Å². The Balaban J connectivity index is 2.93. The van der Waals surface area contributed by atoms with Crippen LogP contribution in [0.5, 0.6) is 5.75 Å². The van der Waals surface area contributed by atoms with Gasteiger partial charge in [0.2, 0.25) is 11.8 Å². The van der Waals surface area contributed by atoms with E-state index in [1.165, 1.54) is 0 Å². The molecule has 0 heterocycles. The van der Waals surface area contributed by atoms with Gasteiger partial charge in [-0.05, 0) is 24.0 Å². The molecule has 55 heavy (non-hydrogen) atoms. The molecule has 23 heteroatoms. The molecule has 1 aromatic rings. The van der Waals surface area contributed by atoms with Gasteiger partial charge in [-0.1, -0.05) is 23.5 Å². The fourth-order valence-electron chi connectivity index (χ4n) is 4.18. The number of hydrogen-bond acceptors (Lipinski definition) is 20. The molecule has 0 aromatic heterocycles. The largest absolute Gasteiger partial charge is 0.436 e. The van der Waals surface area contributed by atoms with Crippen molar-refractivity contribution in [1.82, 2.24) is 21.0 Å². The van der Waals surface area contributed by atoms with Gasteiger partial charge in [0.15, 0.2) is 0 Å². The second-order valence-corrected chi connectivity index (χ2v) is 16.4. The normalized spacial score (nSPS) is 13.1. The van der Waals surface area contributed by atoms with Crippen LogP contribution in [-0.2, 0) is 68.3 Å². The number of benzene rings is 1. The minimum Gasteiger partial charge on any atom is -0.436 e. The third-order valence-corrected chi connectivity index (χ3v) is 10.3. The molecule has 1 rings (SSSR count). The average Bonchev–Trinajstić information content (AvgIpc) is 3.17. The lowest BCUT2D eigenvalue weighted by molar-refractivity contribution is -0.143. The summed E-state index contributed by atoms with van der Waals surface area (Å²) in [5.74, 6) is 14.7. The Morgan fingerprint density at radius 1 is 0.655 bits per heavy atom. The molecule has 0 fully saturated rings. The first kappa shape index (κ1) is 51.0. The topological polar surface area (TPSA) is 270 Å². The second-order valence-electron chi connectivity index (χ2n) is 11.3. The lowest BCUT2D eigenvalue weighted by Crippen LogP contribution is -2.51. The Bertz CT molecular complexity index is 1100. The Morgan fingerprint density at radius 3 is 1.47 bits per heavy atom. The maximum absolute atomic E-state index is 13.2. The molecule has 0 aliphatic rings. The lowest BCUT2D eigenvalue weighted by atomic mass is 10.1. The number of carbonyl (C=O) groups is 2. The van der Waals surface area contributed by atoms with Crippen molar-refractivity contribution in [2.24, 2.45) is 17.7 Å². The van der Waals surface area contributed by atoms with E-state index in [0.717, 1.165) is 16.9 Å². The smallest absolute Gasteiger partial charge is 0.300 e. The fourth-order valence-corrected chi connectivity index (χ4v) is 5.24. The molecule has 1 aromatic carbocycles. The van der Waals surface area contributed by atoms with E-state index < -0.39 is 12.8 Å². The summed E-state index contributed by atoms with van der Waals surface area (Å²) < 4.78 is 50.7. The first-order valence-electron chi connectivity index (χ1n) is 17.7. The van der Waals surface area contributed by atoms with E-state index in [2.05, 4.69) is 30.6 Å². The molecular formula is C32H62N7O14PS. The number of ether oxygens (including phenoxy) is 6. The molecule has 0 saturated heterocycles. The van der Waals surface area contributed by atoms with Gasteiger partial charge >= 0.3 is 0 Å². The molecule has 0 aliphatic carbocycles. The van der Waals surface area contributed by atoms with Gasteiger partial charge < -0.3 is 58.1 Å². The minimum atomic E-state index is -2.86. The summed E-state index contributed by atoms with van der Waals surface area (Å²) in [6.45, 7) is 3.78. The molecule has 0 saturated carbocycles. The summed E-state index contributed by atoms with van der Waals surface area (Å²) in [5, 5.41) is 5.63. The van der Waals surface area contributed by atoms with Crippen LogP contribution in [0.1, 0.15) is 5.56 Å². The van der Waals surface area contributed by atoms with Gasteiger partial charge in [0.05, 0.1) is 112 Å². The van der Waals surface area contributed by atoms with Crippen molar-refractivity contribution in [2.75, 3.05) is 145 Å². The zero-order chi connectivity index (χ0) is 40.2. The number of carbonyl (C=O) groups excluding carboxylic acids is 2. The number of nitrogens with zero attached hydrogens (tertiary/aromatic N) is 1. The highest BCUT2D eigenvalue weighted by Crippen LogP contribution is 2.54. The maximum atomic E-state index is 13.2. The van der Waals surface area contributed by atoms with Crippen LogP contribution in [0.3, 0.4) is 0 Å². The summed E-state index contributed by atoms with van der Waals surface area (Å²) >= 11 is 1.15. The van der Waals surface area contributed by atoms with Crippen molar-refractivity contribution in [3.63, 3.8) is 0 Å². The monoisotopic (exact) mass is 831 g/mol. The molecule has 0 aliphatic heterocycles. The molecule has 2 amide bonds. The Hall–Kier alpha value is -2.06. The highest BCUT2D eigenvalue weighted by atomic mass is 32.7. The van der Waals surface area contributed by atoms with E-state index in [4.69, 9.17) is 55.5 Å². The number of hydrogen-bond donors (Lipinski definition) is 6. The summed E-state index contributed by atoms with van der Waals surface area (Å²) in [6, 6.07) is 7.02. The number of rotatable bonds is 39. The van der Waals surface area contributed by atoms with Crippen LogP contribution in [0.25, 0.3) is 0 Å². The predicted octanol–water partition coefficient (Wildman–Crippen LogP) is -1.05. The molecular weight excluding hydrogens is 769 g/mol. The lowest BCUT2D eigenvalue weighted by Gasteiger charge is -2.30. The van der Waals surface area contributed by atoms with Gasteiger partial charge in [-0.3, -0.25) is 23.9 Å². The van der Waals surface area contributed by atoms with E-state index in [-0.39, 0.29) is 77.4 Å². The Morgan fingerprint density at radius 2 is 1.05 bits per heavy atom. The van der Waals surface area contributed by atoms with Gasteiger partial charge in [-0.25, -0.2) is 17.7 Å². The first-order chi connectivity index (χ1) is 26.7. The van der Waals surface area contributed by atoms with E-state index in [1.807, 2.05) is 0 Å². The number of nitrogens with two attached hydrogens (primary N) is 3. The van der Waals surface area contributed by atoms with Crippen molar-refractivity contribution >= 4 is 29.8 Å². The standard InChI is InChI=1S/C32H62N7O14PS/c1-54(42,55-2)53-29-5-3-28(4-6-29)25-32(52-38-9-12-45-15-18-48-21-24-51-35)39(26-30(40)36-7-10-43-13-16-46-19-22-49-33)27-31(41)37-8-11-44-14-17-47-20-23-50-34/h3-6,32,38H,7-27,33-35H2,1-2H3,(H,36,40)(H,37,41). The van der Waals surface area contributed by atoms with Gasteiger partial charge in [0.25, 0.3) is 6.57 Å². The molecule has 2 unspecified atom stereocenters. The Labute approximate surface area is 327 Å². The van der Waals surface area contributed by atoms with Gasteiger partial charge in [0.1, 0.15) is 12.0 Å². The number of amides is 2. The SMILES string of the molecule is CSP(C)(=O)Oc1ccc(CC(ONCCOCCOCCON)N(CC(=O)NCCOCCOCCON)CC(=O)NCCOCCOCCON)cc1. The molecule has 21 nitrogen and oxygen atoms in total. The minimum absolute atomic E-state index is 0.184. The third kappa shape index (κ3) is 29.8. The first-order valence-corrected chi connectivity index (χ1v) is 21.6. The fraction of sp³-hybridized carbons (Fsp3) is 0.750. The predicted molar refractivity (Wildman–Crippen MR) is 204 cm³/mol. The van der Waals surface area contributed by atoms with Gasteiger partial charge in [-0.2, -0.15) is 5.48 Å². The average molecular weight is 832 g/mol. The summed E-state index contributed by atoms with van der Waals surface area (Å²) in [4.78, 5) is 47.4. The molecule has 0 radical (unpaired) electrons. The van der Waals surface area contributed by atoms with Crippen LogP contribution in [0.4, 0.5) is 0 Å². The molecule has 9 N–H and O–H groups in total. The van der Waals surface area contributed by atoms with Gasteiger partial charge in [-0.15, -0.1) is 0 Å². The summed E-state index contributed by atoms with van der Waals surface area (Å²) in [6.07, 6.45) is 1.18. The zero-order valence-electron chi connectivity index (χ0n) is 32.0.